The van der Waals surface area contributed by atoms with E-state index in [2.05, 4.69) is 0 Å². The maximum Gasteiger partial charge on any atom is 0.148 e. The van der Waals surface area contributed by atoms with Gasteiger partial charge in [0.1, 0.15) is 16.1 Å². The van der Waals surface area contributed by atoms with E-state index in [4.69, 9.17) is 6.92 Å². The van der Waals surface area contributed by atoms with Gasteiger partial charge in [-0.25, -0.2) is 8.42 Å². The zero-order valence-corrected chi connectivity index (χ0v) is 5.89. The summed E-state index contributed by atoms with van der Waals surface area (Å²) in [5.74, 6) is -1.14. The number of aldehydes is 1. The van der Waals surface area contributed by atoms with E-state index in [1.807, 2.05) is 0 Å². The lowest BCUT2D eigenvalue weighted by Crippen LogP contribution is -2.12. The molecule has 0 unspecified atom stereocenters. The van der Waals surface area contributed by atoms with Gasteiger partial charge in [0, 0.05) is 12.2 Å². The summed E-state index contributed by atoms with van der Waals surface area (Å²) >= 11 is 0. The van der Waals surface area contributed by atoms with Crippen molar-refractivity contribution in [1.82, 2.24) is 0 Å². The maximum atomic E-state index is 10.4. The second kappa shape index (κ2) is 2.96. The van der Waals surface area contributed by atoms with Crippen LogP contribution in [-0.4, -0.2) is 26.7 Å². The van der Waals surface area contributed by atoms with Crippen LogP contribution in [0, 0.1) is 12.8 Å². The van der Waals surface area contributed by atoms with Gasteiger partial charge in [0.25, 0.3) is 0 Å². The van der Waals surface area contributed by atoms with Crippen LogP contribution >= 0.6 is 0 Å². The van der Waals surface area contributed by atoms with Crippen LogP contribution in [0.3, 0.4) is 0 Å². The molecular weight excluding hydrogens is 140 g/mol. The molecule has 0 aliphatic heterocycles. The molecule has 0 saturated heterocycles. The molecule has 0 spiro atoms. The molecular formula is C5H8O3S. The van der Waals surface area contributed by atoms with Gasteiger partial charge in [0.05, 0.1) is 5.75 Å². The van der Waals surface area contributed by atoms with Crippen molar-refractivity contribution >= 4 is 16.1 Å². The minimum Gasteiger partial charge on any atom is -0.303 e. The molecule has 0 amide bonds. The molecule has 0 rings (SSSR count). The number of carbonyl (C=O) groups excluding carboxylic acids is 1. The Morgan fingerprint density at radius 1 is 1.67 bits per heavy atom. The average Bonchev–Trinajstić information content (AvgIpc) is 1.62. The highest BCUT2D eigenvalue weighted by atomic mass is 32.2. The van der Waals surface area contributed by atoms with Gasteiger partial charge in [-0.3, -0.25) is 0 Å². The Bertz CT molecular complexity index is 180. The average molecular weight is 148 g/mol. The molecule has 0 aromatic carbocycles. The van der Waals surface area contributed by atoms with Gasteiger partial charge in [-0.05, 0) is 6.92 Å². The van der Waals surface area contributed by atoms with E-state index in [1.54, 1.807) is 0 Å². The maximum absolute atomic E-state index is 10.4. The van der Waals surface area contributed by atoms with Gasteiger partial charge in [0.2, 0.25) is 0 Å². The molecule has 0 aromatic heterocycles. The molecule has 3 nitrogen and oxygen atoms in total. The van der Waals surface area contributed by atoms with Gasteiger partial charge >= 0.3 is 0 Å². The first-order valence-electron chi connectivity index (χ1n) is 2.34. The summed E-state index contributed by atoms with van der Waals surface area (Å²) in [6.45, 7) is 5.01. The van der Waals surface area contributed by atoms with Crippen LogP contribution in [0.5, 0.6) is 0 Å². The van der Waals surface area contributed by atoms with E-state index in [-0.39, 0.29) is 5.75 Å². The summed E-state index contributed by atoms with van der Waals surface area (Å²) < 4.78 is 20.7. The van der Waals surface area contributed by atoms with Crippen molar-refractivity contribution in [2.24, 2.45) is 5.92 Å². The normalized spacial score (nSPS) is 14.9. The van der Waals surface area contributed by atoms with Crippen LogP contribution < -0.4 is 0 Å². The Kier molecular flexibility index (Phi) is 2.84. The van der Waals surface area contributed by atoms with Crippen molar-refractivity contribution in [2.75, 3.05) is 12.0 Å². The Balaban J connectivity index is 3.89. The third-order valence-electron chi connectivity index (χ3n) is 0.670. The van der Waals surface area contributed by atoms with Crippen molar-refractivity contribution in [3.8, 4) is 0 Å². The molecule has 0 bridgehead atoms. The molecule has 4 heteroatoms. The summed E-state index contributed by atoms with van der Waals surface area (Å²) in [7, 11) is -3.09. The Labute approximate surface area is 55.0 Å². The lowest BCUT2D eigenvalue weighted by molar-refractivity contribution is -0.109. The molecule has 0 aromatic rings. The summed E-state index contributed by atoms with van der Waals surface area (Å²) in [4.78, 5) is 9.79. The Morgan fingerprint density at radius 2 is 2.11 bits per heavy atom. The fourth-order valence-corrected chi connectivity index (χ4v) is 1.17. The first kappa shape index (κ1) is 8.62. The zero-order valence-electron chi connectivity index (χ0n) is 5.07. The van der Waals surface area contributed by atoms with Gasteiger partial charge in [0.15, 0.2) is 0 Å². The van der Waals surface area contributed by atoms with Crippen molar-refractivity contribution in [2.45, 2.75) is 0 Å². The highest BCUT2D eigenvalue weighted by Crippen LogP contribution is 1.93. The monoisotopic (exact) mass is 148 g/mol. The predicted octanol–water partition coefficient (Wildman–Crippen LogP) is -0.443. The van der Waals surface area contributed by atoms with Gasteiger partial charge < -0.3 is 4.79 Å². The predicted molar refractivity (Wildman–Crippen MR) is 33.6 cm³/mol. The van der Waals surface area contributed by atoms with E-state index in [9.17, 15) is 13.2 Å². The smallest absolute Gasteiger partial charge is 0.148 e. The fourth-order valence-electron chi connectivity index (χ4n) is 0.389. The minimum atomic E-state index is -3.09. The lowest BCUT2D eigenvalue weighted by Gasteiger charge is -1.97. The number of hydrogen-bond donors (Lipinski definition) is 0. The fraction of sp³-hybridized carbons (Fsp3) is 0.600. The molecule has 1 atom stereocenters. The standard InChI is InChI=1S/C5H8O3S/c1-5(3-6)4-9(2,7)8/h1,3,5H,4H2,2H3/t5-/m1/s1. The SMILES string of the molecule is [CH][C@H](C=O)CS(C)(=O)=O. The van der Waals surface area contributed by atoms with E-state index in [0.29, 0.717) is 6.29 Å². The van der Waals surface area contributed by atoms with Crippen LogP contribution in [0.15, 0.2) is 0 Å². The number of rotatable bonds is 3. The van der Waals surface area contributed by atoms with Crippen LogP contribution in [0.25, 0.3) is 0 Å². The second-order valence-electron chi connectivity index (χ2n) is 1.89. The molecule has 9 heavy (non-hydrogen) atoms. The number of hydrogen-bond acceptors (Lipinski definition) is 3. The van der Waals surface area contributed by atoms with Crippen LogP contribution in [-0.2, 0) is 14.6 Å². The first-order valence-corrected chi connectivity index (χ1v) is 4.40. The van der Waals surface area contributed by atoms with E-state index in [0.717, 1.165) is 6.26 Å². The molecule has 52 valence electrons. The van der Waals surface area contributed by atoms with E-state index in [1.165, 1.54) is 0 Å². The Hall–Kier alpha value is -0.380. The lowest BCUT2D eigenvalue weighted by atomic mass is 10.3. The largest absolute Gasteiger partial charge is 0.303 e. The van der Waals surface area contributed by atoms with Crippen molar-refractivity contribution in [3.05, 3.63) is 6.92 Å². The van der Waals surface area contributed by atoms with E-state index >= 15 is 0 Å². The highest BCUT2D eigenvalue weighted by Gasteiger charge is 2.08. The third kappa shape index (κ3) is 5.49. The summed E-state index contributed by atoms with van der Waals surface area (Å²) in [6, 6.07) is 0. The number of carbonyl (C=O) groups is 1. The topological polar surface area (TPSA) is 51.2 Å². The third-order valence-corrected chi connectivity index (χ3v) is 1.66. The van der Waals surface area contributed by atoms with Crippen LogP contribution in [0.2, 0.25) is 0 Å². The van der Waals surface area contributed by atoms with Crippen molar-refractivity contribution < 1.29 is 13.2 Å². The van der Waals surface area contributed by atoms with Gasteiger partial charge in [-0.15, -0.1) is 0 Å². The van der Waals surface area contributed by atoms with Crippen molar-refractivity contribution in [1.29, 1.82) is 0 Å². The molecule has 2 radical (unpaired) electrons. The summed E-state index contributed by atoms with van der Waals surface area (Å²) in [5.41, 5.74) is 0. The molecule has 0 N–H and O–H groups in total. The molecule has 0 fully saturated rings. The minimum absolute atomic E-state index is 0.267. The first-order chi connectivity index (χ1) is 3.95. The van der Waals surface area contributed by atoms with E-state index < -0.39 is 15.8 Å². The van der Waals surface area contributed by atoms with Gasteiger partial charge in [-0.2, -0.15) is 0 Å². The highest BCUT2D eigenvalue weighted by molar-refractivity contribution is 7.90. The zero-order chi connectivity index (χ0) is 7.49. The summed E-state index contributed by atoms with van der Waals surface area (Å²) in [6.07, 6.45) is 1.46. The second-order valence-corrected chi connectivity index (χ2v) is 4.08. The number of sulfone groups is 1. The summed E-state index contributed by atoms with van der Waals surface area (Å²) in [5, 5.41) is 0. The van der Waals surface area contributed by atoms with Gasteiger partial charge in [-0.1, -0.05) is 0 Å². The van der Waals surface area contributed by atoms with Crippen molar-refractivity contribution in [3.63, 3.8) is 0 Å². The van der Waals surface area contributed by atoms with Crippen LogP contribution in [0.1, 0.15) is 0 Å². The quantitative estimate of drug-likeness (QED) is 0.510. The Morgan fingerprint density at radius 3 is 2.22 bits per heavy atom. The molecule has 0 saturated carbocycles. The molecule has 0 aliphatic carbocycles. The van der Waals surface area contributed by atoms with Crippen LogP contribution in [0.4, 0.5) is 0 Å². The molecule has 0 heterocycles. The molecule has 0 aliphatic rings.